The van der Waals surface area contributed by atoms with Crippen molar-refractivity contribution >= 4 is 5.97 Å². The van der Waals surface area contributed by atoms with Crippen LogP contribution in [0.4, 0.5) is 0 Å². The van der Waals surface area contributed by atoms with Crippen LogP contribution in [0, 0.1) is 5.41 Å². The molecule has 0 radical (unpaired) electrons. The third kappa shape index (κ3) is 6.33. The Labute approximate surface area is 186 Å². The van der Waals surface area contributed by atoms with Crippen LogP contribution in [-0.2, 0) is 9.53 Å². The molecule has 1 aliphatic carbocycles. The summed E-state index contributed by atoms with van der Waals surface area (Å²) in [4.78, 5) is 12.2. The van der Waals surface area contributed by atoms with Crippen LogP contribution in [0.2, 0.25) is 0 Å². The van der Waals surface area contributed by atoms with Crippen molar-refractivity contribution in [1.82, 2.24) is 0 Å². The highest BCUT2D eigenvalue weighted by molar-refractivity contribution is 5.76. The molecule has 0 N–H and O–H groups in total. The minimum atomic E-state index is -0.506. The molecule has 0 aromatic heterocycles. The fourth-order valence-electron chi connectivity index (χ4n) is 3.58. The molecule has 0 aliphatic heterocycles. The fraction of sp³-hybridized carbons (Fsp3) is 0.393. The maximum atomic E-state index is 12.2. The second kappa shape index (κ2) is 9.13. The van der Waals surface area contributed by atoms with E-state index >= 15 is 0 Å². The number of ether oxygens (including phenoxy) is 2. The maximum Gasteiger partial charge on any atom is 0.316 e. The molecule has 31 heavy (non-hydrogen) atoms. The average molecular weight is 419 g/mol. The lowest BCUT2D eigenvalue weighted by molar-refractivity contribution is -0.148. The van der Waals surface area contributed by atoms with Gasteiger partial charge in [-0.1, -0.05) is 54.1 Å². The molecule has 0 heterocycles. The Morgan fingerprint density at radius 3 is 1.94 bits per heavy atom. The Balaban J connectivity index is 1.88. The predicted octanol–water partition coefficient (Wildman–Crippen LogP) is 7.19. The van der Waals surface area contributed by atoms with Gasteiger partial charge in [-0.25, -0.2) is 0 Å². The SMILES string of the molecule is CC(C)(C)Oc1ccc(C(C2=CC=C(OC(=O)C(C)(C)C)CC2)c2ccccc2)cc1. The van der Waals surface area contributed by atoms with E-state index in [0.717, 1.165) is 24.4 Å². The van der Waals surface area contributed by atoms with Crippen molar-refractivity contribution in [2.45, 2.75) is 65.9 Å². The number of carbonyl (C=O) groups excluding carboxylic acids is 1. The van der Waals surface area contributed by atoms with Crippen molar-refractivity contribution in [2.75, 3.05) is 0 Å². The molecule has 2 aromatic carbocycles. The minimum absolute atomic E-state index is 0.154. The van der Waals surface area contributed by atoms with E-state index in [9.17, 15) is 4.79 Å². The van der Waals surface area contributed by atoms with Gasteiger partial charge >= 0.3 is 5.97 Å². The van der Waals surface area contributed by atoms with Crippen LogP contribution in [0.1, 0.15) is 71.4 Å². The summed E-state index contributed by atoms with van der Waals surface area (Å²) in [7, 11) is 0. The van der Waals surface area contributed by atoms with Gasteiger partial charge in [0, 0.05) is 12.3 Å². The van der Waals surface area contributed by atoms with E-state index < -0.39 is 5.41 Å². The number of rotatable bonds is 5. The standard InChI is InChI=1S/C28H34O3/c1-27(2,3)26(29)30-23-16-12-21(13-17-23)25(20-10-8-7-9-11-20)22-14-18-24(19-15-22)31-28(4,5)6/h7-12,14-16,18-19,25H,13,17H2,1-6H3. The largest absolute Gasteiger partial charge is 0.488 e. The molecule has 0 fully saturated rings. The number of esters is 1. The van der Waals surface area contributed by atoms with Crippen LogP contribution in [0.5, 0.6) is 5.75 Å². The van der Waals surface area contributed by atoms with Gasteiger partial charge in [0.05, 0.1) is 5.41 Å². The molecule has 3 rings (SSSR count). The van der Waals surface area contributed by atoms with Crippen molar-refractivity contribution < 1.29 is 14.3 Å². The fourth-order valence-corrected chi connectivity index (χ4v) is 3.58. The van der Waals surface area contributed by atoms with Gasteiger partial charge in [-0.05, 0) is 77.3 Å². The maximum absolute atomic E-state index is 12.2. The van der Waals surface area contributed by atoms with Crippen LogP contribution in [0.25, 0.3) is 0 Å². The lowest BCUT2D eigenvalue weighted by Crippen LogP contribution is -2.23. The summed E-state index contributed by atoms with van der Waals surface area (Å²) in [6.45, 7) is 11.8. The van der Waals surface area contributed by atoms with Crippen LogP contribution in [0.15, 0.2) is 78.1 Å². The van der Waals surface area contributed by atoms with Crippen molar-refractivity contribution in [3.8, 4) is 5.75 Å². The summed E-state index contributed by atoms with van der Waals surface area (Å²) in [5.41, 5.74) is 3.06. The summed E-state index contributed by atoms with van der Waals surface area (Å²) < 4.78 is 11.6. The lowest BCUT2D eigenvalue weighted by atomic mass is 9.81. The normalized spacial score (nSPS) is 15.5. The van der Waals surface area contributed by atoms with E-state index in [4.69, 9.17) is 9.47 Å². The number of allylic oxidation sites excluding steroid dienone is 4. The molecule has 1 atom stereocenters. The summed E-state index contributed by atoms with van der Waals surface area (Å²) in [6.07, 6.45) is 5.65. The van der Waals surface area contributed by atoms with Crippen LogP contribution in [-0.4, -0.2) is 11.6 Å². The number of hydrogen-bond acceptors (Lipinski definition) is 3. The molecule has 2 aromatic rings. The molecule has 1 aliphatic rings. The zero-order chi connectivity index (χ0) is 22.6. The first-order valence-electron chi connectivity index (χ1n) is 11.0. The molecule has 3 nitrogen and oxygen atoms in total. The number of carbonyl (C=O) groups is 1. The predicted molar refractivity (Wildman–Crippen MR) is 126 cm³/mol. The highest BCUT2D eigenvalue weighted by atomic mass is 16.5. The van der Waals surface area contributed by atoms with Gasteiger partial charge in [-0.3, -0.25) is 4.79 Å². The Hall–Kier alpha value is -2.81. The van der Waals surface area contributed by atoms with Gasteiger partial charge in [0.2, 0.25) is 0 Å². The van der Waals surface area contributed by atoms with Crippen molar-refractivity contribution in [3.05, 3.63) is 89.2 Å². The van der Waals surface area contributed by atoms with Crippen LogP contribution < -0.4 is 4.74 Å². The molecule has 3 heteroatoms. The zero-order valence-corrected chi connectivity index (χ0v) is 19.6. The van der Waals surface area contributed by atoms with Gasteiger partial charge in [0.15, 0.2) is 0 Å². The quantitative estimate of drug-likeness (QED) is 0.482. The third-order valence-corrected chi connectivity index (χ3v) is 5.12. The lowest BCUT2D eigenvalue weighted by Gasteiger charge is -2.26. The van der Waals surface area contributed by atoms with Crippen LogP contribution in [0.3, 0.4) is 0 Å². The summed E-state index contributed by atoms with van der Waals surface area (Å²) in [5, 5.41) is 0. The van der Waals surface area contributed by atoms with Crippen molar-refractivity contribution in [2.24, 2.45) is 5.41 Å². The van der Waals surface area contributed by atoms with Gasteiger partial charge < -0.3 is 9.47 Å². The molecule has 0 saturated heterocycles. The monoisotopic (exact) mass is 418 g/mol. The van der Waals surface area contributed by atoms with Crippen molar-refractivity contribution in [1.29, 1.82) is 0 Å². The van der Waals surface area contributed by atoms with E-state index in [1.54, 1.807) is 0 Å². The first-order valence-corrected chi connectivity index (χ1v) is 11.0. The first-order chi connectivity index (χ1) is 14.5. The average Bonchev–Trinajstić information content (AvgIpc) is 2.70. The molecule has 164 valence electrons. The van der Waals surface area contributed by atoms with E-state index in [-0.39, 0.29) is 17.5 Å². The molecule has 0 amide bonds. The molecule has 0 spiro atoms. The highest BCUT2D eigenvalue weighted by Crippen LogP contribution is 2.38. The van der Waals surface area contributed by atoms with E-state index in [1.807, 2.05) is 45.0 Å². The number of hydrogen-bond donors (Lipinski definition) is 0. The zero-order valence-electron chi connectivity index (χ0n) is 19.6. The Bertz CT molecular complexity index is 952. The molecule has 1 unspecified atom stereocenters. The molecular formula is C28H34O3. The third-order valence-electron chi connectivity index (χ3n) is 5.12. The Morgan fingerprint density at radius 2 is 1.42 bits per heavy atom. The van der Waals surface area contributed by atoms with Crippen LogP contribution >= 0.6 is 0 Å². The van der Waals surface area contributed by atoms with Gasteiger partial charge in [-0.2, -0.15) is 0 Å². The van der Waals surface area contributed by atoms with E-state index in [1.165, 1.54) is 16.7 Å². The summed E-state index contributed by atoms with van der Waals surface area (Å²) >= 11 is 0. The number of benzene rings is 2. The van der Waals surface area contributed by atoms with Gasteiger partial charge in [-0.15, -0.1) is 0 Å². The smallest absolute Gasteiger partial charge is 0.316 e. The topological polar surface area (TPSA) is 35.5 Å². The van der Waals surface area contributed by atoms with Crippen molar-refractivity contribution in [3.63, 3.8) is 0 Å². The second-order valence-electron chi connectivity index (χ2n) is 10.1. The first kappa shape index (κ1) is 22.9. The highest BCUT2D eigenvalue weighted by Gasteiger charge is 2.26. The van der Waals surface area contributed by atoms with E-state index in [0.29, 0.717) is 0 Å². The summed E-state index contributed by atoms with van der Waals surface area (Å²) in [5.74, 6) is 1.58. The summed E-state index contributed by atoms with van der Waals surface area (Å²) in [6, 6.07) is 18.9. The molecule has 0 bridgehead atoms. The minimum Gasteiger partial charge on any atom is -0.488 e. The molecular weight excluding hydrogens is 384 g/mol. The van der Waals surface area contributed by atoms with Gasteiger partial charge in [0.25, 0.3) is 0 Å². The Morgan fingerprint density at radius 1 is 0.806 bits per heavy atom. The van der Waals surface area contributed by atoms with E-state index in [2.05, 4.69) is 63.2 Å². The second-order valence-corrected chi connectivity index (χ2v) is 10.1. The molecule has 0 saturated carbocycles. The van der Waals surface area contributed by atoms with Gasteiger partial charge in [0.1, 0.15) is 17.1 Å². The Kier molecular flexibility index (Phi) is 6.74.